The number of benzene rings is 2. The number of carboxylic acids is 1. The number of aromatic nitrogens is 1. The molecule has 3 aromatic rings. The number of hydrogen-bond acceptors (Lipinski definition) is 5. The Morgan fingerprint density at radius 2 is 1.81 bits per heavy atom. The summed E-state index contributed by atoms with van der Waals surface area (Å²) in [7, 11) is 0. The Balaban J connectivity index is 1.74. The third-order valence-electron chi connectivity index (χ3n) is 4.48. The van der Waals surface area contributed by atoms with Crippen molar-refractivity contribution in [2.24, 2.45) is 0 Å². The summed E-state index contributed by atoms with van der Waals surface area (Å²) in [5, 5.41) is 9.17. The van der Waals surface area contributed by atoms with Gasteiger partial charge in [-0.25, -0.2) is 14.2 Å². The van der Waals surface area contributed by atoms with Crippen LogP contribution >= 0.6 is 0 Å². The molecule has 10 heteroatoms. The average Bonchev–Trinajstić information content (AvgIpc) is 3.06. The predicted octanol–water partition coefficient (Wildman–Crippen LogP) is 5.63. The molecule has 0 bridgehead atoms. The number of nitrogens with zero attached hydrogens (tertiary/aromatic N) is 1. The highest BCUT2D eigenvalue weighted by Gasteiger charge is 2.34. The smallest absolute Gasteiger partial charge is 0.419 e. The lowest BCUT2D eigenvalue weighted by Gasteiger charge is -2.21. The second-order valence-electron chi connectivity index (χ2n) is 7.40. The summed E-state index contributed by atoms with van der Waals surface area (Å²) in [5.74, 6) is -1.67. The number of aryl methyl sites for hydroxylation is 1. The van der Waals surface area contributed by atoms with Crippen molar-refractivity contribution in [1.29, 1.82) is 0 Å². The minimum atomic E-state index is -4.80. The summed E-state index contributed by atoms with van der Waals surface area (Å²) in [6.45, 7) is 4.35. The van der Waals surface area contributed by atoms with Crippen LogP contribution in [0.15, 0.2) is 46.9 Å². The number of halogens is 4. The molecule has 0 atom stereocenters. The van der Waals surface area contributed by atoms with Crippen LogP contribution in [0.5, 0.6) is 11.5 Å². The van der Waals surface area contributed by atoms with Crippen LogP contribution in [0.4, 0.5) is 17.6 Å². The number of aliphatic carboxylic acids is 1. The quantitative estimate of drug-likeness (QED) is 0.467. The van der Waals surface area contributed by atoms with Crippen molar-refractivity contribution in [3.63, 3.8) is 0 Å². The van der Waals surface area contributed by atoms with E-state index >= 15 is 0 Å². The van der Waals surface area contributed by atoms with Gasteiger partial charge in [0.1, 0.15) is 23.9 Å². The highest BCUT2D eigenvalue weighted by molar-refractivity contribution is 5.76. The topological polar surface area (TPSA) is 81.8 Å². The summed E-state index contributed by atoms with van der Waals surface area (Å²) in [4.78, 5) is 15.3. The maximum Gasteiger partial charge on any atom is 0.419 e. The van der Waals surface area contributed by atoms with Gasteiger partial charge in [0.15, 0.2) is 11.4 Å². The molecule has 0 saturated heterocycles. The molecule has 0 saturated carbocycles. The number of ether oxygens (including phenoxy) is 2. The van der Waals surface area contributed by atoms with Gasteiger partial charge in [0.2, 0.25) is 5.89 Å². The van der Waals surface area contributed by atoms with Crippen molar-refractivity contribution >= 4 is 5.97 Å². The maximum absolute atomic E-state index is 13.9. The van der Waals surface area contributed by atoms with E-state index in [1.807, 2.05) is 0 Å². The SMILES string of the molecule is Cc1nc(-c2ccc(C(F)(F)F)c(F)c2)oc1COc1cccc(OC(C)(C)C(=O)O)c1. The zero-order valence-electron chi connectivity index (χ0n) is 17.3. The van der Waals surface area contributed by atoms with Crippen LogP contribution in [-0.2, 0) is 17.6 Å². The Hall–Kier alpha value is -3.56. The molecule has 1 N–H and O–H groups in total. The highest BCUT2D eigenvalue weighted by Crippen LogP contribution is 2.34. The first-order chi connectivity index (χ1) is 14.9. The fourth-order valence-corrected chi connectivity index (χ4v) is 2.68. The third kappa shape index (κ3) is 5.19. The molecule has 2 aromatic carbocycles. The summed E-state index contributed by atoms with van der Waals surface area (Å²) in [6.07, 6.45) is -4.80. The van der Waals surface area contributed by atoms with Crippen LogP contribution in [-0.4, -0.2) is 21.7 Å². The van der Waals surface area contributed by atoms with Gasteiger partial charge in [-0.15, -0.1) is 0 Å². The van der Waals surface area contributed by atoms with E-state index in [4.69, 9.17) is 19.0 Å². The van der Waals surface area contributed by atoms with E-state index in [2.05, 4.69) is 4.98 Å². The molecule has 32 heavy (non-hydrogen) atoms. The molecule has 0 fully saturated rings. The Morgan fingerprint density at radius 1 is 1.12 bits per heavy atom. The molecule has 3 rings (SSSR count). The molecule has 0 radical (unpaired) electrons. The second kappa shape index (κ2) is 8.52. The van der Waals surface area contributed by atoms with Crippen LogP contribution < -0.4 is 9.47 Å². The zero-order chi connectivity index (χ0) is 23.7. The summed E-state index contributed by atoms with van der Waals surface area (Å²) in [5.41, 5.74) is -2.34. The van der Waals surface area contributed by atoms with E-state index < -0.39 is 29.1 Å². The van der Waals surface area contributed by atoms with Gasteiger partial charge in [0, 0.05) is 11.6 Å². The van der Waals surface area contributed by atoms with Crippen molar-refractivity contribution in [1.82, 2.24) is 4.98 Å². The van der Waals surface area contributed by atoms with Crippen LogP contribution in [0.3, 0.4) is 0 Å². The van der Waals surface area contributed by atoms with E-state index in [1.54, 1.807) is 25.1 Å². The van der Waals surface area contributed by atoms with Gasteiger partial charge < -0.3 is 19.0 Å². The Labute approximate surface area is 180 Å². The molecule has 0 unspecified atom stereocenters. The lowest BCUT2D eigenvalue weighted by Crippen LogP contribution is -2.37. The Morgan fingerprint density at radius 3 is 2.44 bits per heavy atom. The highest BCUT2D eigenvalue weighted by atomic mass is 19.4. The molecule has 0 aliphatic heterocycles. The fraction of sp³-hybridized carbons (Fsp3) is 0.273. The van der Waals surface area contributed by atoms with Gasteiger partial charge >= 0.3 is 12.1 Å². The molecule has 0 amide bonds. The molecule has 0 aliphatic carbocycles. The van der Waals surface area contributed by atoms with Crippen LogP contribution in [0.2, 0.25) is 0 Å². The molecule has 170 valence electrons. The normalized spacial score (nSPS) is 12.0. The van der Waals surface area contributed by atoms with E-state index in [1.165, 1.54) is 19.9 Å². The number of rotatable bonds is 7. The molecule has 1 aromatic heterocycles. The molecule has 1 heterocycles. The van der Waals surface area contributed by atoms with E-state index in [0.717, 1.165) is 6.07 Å². The lowest BCUT2D eigenvalue weighted by molar-refractivity contribution is -0.152. The zero-order valence-corrected chi connectivity index (χ0v) is 17.3. The van der Waals surface area contributed by atoms with Crippen molar-refractivity contribution < 1.29 is 41.4 Å². The van der Waals surface area contributed by atoms with Gasteiger partial charge in [-0.2, -0.15) is 13.2 Å². The molecule has 6 nitrogen and oxygen atoms in total. The summed E-state index contributed by atoms with van der Waals surface area (Å²) < 4.78 is 68.7. The molecular weight excluding hydrogens is 434 g/mol. The maximum atomic E-state index is 13.9. The minimum Gasteiger partial charge on any atom is -0.485 e. The van der Waals surface area contributed by atoms with Crippen LogP contribution in [0.25, 0.3) is 11.5 Å². The van der Waals surface area contributed by atoms with Crippen molar-refractivity contribution in [3.05, 3.63) is 65.3 Å². The monoisotopic (exact) mass is 453 g/mol. The number of hydrogen-bond donors (Lipinski definition) is 1. The van der Waals surface area contributed by atoms with Crippen molar-refractivity contribution in [2.75, 3.05) is 0 Å². The Bertz CT molecular complexity index is 1140. The average molecular weight is 453 g/mol. The Kier molecular flexibility index (Phi) is 6.16. The molecule has 0 aliphatic rings. The van der Waals surface area contributed by atoms with Crippen molar-refractivity contribution in [3.8, 4) is 23.0 Å². The predicted molar refractivity (Wildman–Crippen MR) is 105 cm³/mol. The summed E-state index contributed by atoms with van der Waals surface area (Å²) >= 11 is 0. The first-order valence-electron chi connectivity index (χ1n) is 9.35. The van der Waals surface area contributed by atoms with E-state index in [0.29, 0.717) is 23.6 Å². The standard InChI is InChI=1S/C22H19F4NO5/c1-12-18(11-30-14-5-4-6-15(10-14)32-21(2,3)20(28)29)31-19(27-12)13-7-8-16(17(23)9-13)22(24,25)26/h4-10H,11H2,1-3H3,(H,28,29). The second-order valence-corrected chi connectivity index (χ2v) is 7.40. The largest absolute Gasteiger partial charge is 0.485 e. The first-order valence-corrected chi connectivity index (χ1v) is 9.35. The van der Waals surface area contributed by atoms with Gasteiger partial charge in [0.05, 0.1) is 11.3 Å². The number of oxazole rings is 1. The third-order valence-corrected chi connectivity index (χ3v) is 4.48. The first kappa shape index (κ1) is 23.1. The minimum absolute atomic E-state index is 0.0472. The lowest BCUT2D eigenvalue weighted by atomic mass is 10.1. The van der Waals surface area contributed by atoms with E-state index in [-0.39, 0.29) is 29.6 Å². The van der Waals surface area contributed by atoms with Gasteiger partial charge in [0.25, 0.3) is 0 Å². The molecular formula is C22H19F4NO5. The van der Waals surface area contributed by atoms with Gasteiger partial charge in [-0.05, 0) is 51.1 Å². The number of carboxylic acid groups (broad SMARTS) is 1. The van der Waals surface area contributed by atoms with Crippen LogP contribution in [0.1, 0.15) is 30.9 Å². The van der Waals surface area contributed by atoms with Crippen LogP contribution in [0, 0.1) is 12.7 Å². The molecule has 0 spiro atoms. The summed E-state index contributed by atoms with van der Waals surface area (Å²) in [6, 6.07) is 8.74. The van der Waals surface area contributed by atoms with Gasteiger partial charge in [-0.3, -0.25) is 0 Å². The van der Waals surface area contributed by atoms with Gasteiger partial charge in [-0.1, -0.05) is 6.07 Å². The van der Waals surface area contributed by atoms with E-state index in [9.17, 15) is 22.4 Å². The number of carbonyl (C=O) groups is 1. The van der Waals surface area contributed by atoms with Crippen molar-refractivity contribution in [2.45, 2.75) is 39.2 Å². The number of alkyl halides is 3. The fourth-order valence-electron chi connectivity index (χ4n) is 2.68.